The first kappa shape index (κ1) is 15.2. The number of thioether (sulfide) groups is 1. The molecule has 0 amide bonds. The fraction of sp³-hybridized carbons (Fsp3) is 0.0625. The number of halogens is 1. The number of rotatable bonds is 5. The molecule has 0 aliphatic rings. The number of aliphatic carboxylic acids is 1. The van der Waals surface area contributed by atoms with Gasteiger partial charge in [0.25, 0.3) is 0 Å². The van der Waals surface area contributed by atoms with Crippen LogP contribution in [0.1, 0.15) is 0 Å². The van der Waals surface area contributed by atoms with E-state index in [1.165, 1.54) is 12.1 Å². The highest BCUT2D eigenvalue weighted by atomic mass is 32.2. The number of aromatic nitrogens is 2. The van der Waals surface area contributed by atoms with Gasteiger partial charge >= 0.3 is 5.97 Å². The molecule has 3 aromatic rings. The van der Waals surface area contributed by atoms with Crippen molar-refractivity contribution in [2.24, 2.45) is 0 Å². The minimum absolute atomic E-state index is 0.0968. The molecule has 2 N–H and O–H groups in total. The Balaban J connectivity index is 1.98. The van der Waals surface area contributed by atoms with Gasteiger partial charge in [0.05, 0.1) is 11.3 Å². The lowest BCUT2D eigenvalue weighted by Crippen LogP contribution is -2.02. The summed E-state index contributed by atoms with van der Waals surface area (Å²) in [4.78, 5) is 19.5. The zero-order chi connectivity index (χ0) is 16.2. The Bertz CT molecular complexity index is 873. The highest BCUT2D eigenvalue weighted by Gasteiger charge is 2.10. The topological polar surface area (TPSA) is 75.1 Å². The molecule has 1 heterocycles. The van der Waals surface area contributed by atoms with Crippen molar-refractivity contribution < 1.29 is 14.3 Å². The zero-order valence-corrected chi connectivity index (χ0v) is 12.7. The van der Waals surface area contributed by atoms with E-state index in [1.54, 1.807) is 12.1 Å². The molecule has 116 valence electrons. The van der Waals surface area contributed by atoms with Crippen molar-refractivity contribution in [3.05, 3.63) is 54.3 Å². The zero-order valence-electron chi connectivity index (χ0n) is 11.9. The van der Waals surface area contributed by atoms with Crippen molar-refractivity contribution in [1.29, 1.82) is 0 Å². The maximum absolute atomic E-state index is 13.3. The number of anilines is 2. The highest BCUT2D eigenvalue weighted by Crippen LogP contribution is 2.27. The summed E-state index contributed by atoms with van der Waals surface area (Å²) in [6, 6.07) is 13.3. The van der Waals surface area contributed by atoms with Gasteiger partial charge in [0.15, 0.2) is 0 Å². The maximum atomic E-state index is 13.3. The van der Waals surface area contributed by atoms with Gasteiger partial charge in [-0.3, -0.25) is 4.79 Å². The average molecular weight is 329 g/mol. The van der Waals surface area contributed by atoms with Gasteiger partial charge in [-0.1, -0.05) is 36.0 Å². The largest absolute Gasteiger partial charge is 0.481 e. The van der Waals surface area contributed by atoms with Gasteiger partial charge in [0.2, 0.25) is 5.95 Å². The van der Waals surface area contributed by atoms with Crippen LogP contribution in [0.3, 0.4) is 0 Å². The molecular weight excluding hydrogens is 317 g/mol. The van der Waals surface area contributed by atoms with Crippen LogP contribution in [-0.4, -0.2) is 26.8 Å². The first-order valence-corrected chi connectivity index (χ1v) is 7.74. The van der Waals surface area contributed by atoms with E-state index in [9.17, 15) is 9.18 Å². The molecule has 1 aromatic heterocycles. The molecule has 0 radical (unpaired) electrons. The quantitative estimate of drug-likeness (QED) is 0.549. The number of carboxylic acid groups (broad SMARTS) is 1. The first-order valence-electron chi connectivity index (χ1n) is 6.76. The molecule has 0 bridgehead atoms. The van der Waals surface area contributed by atoms with Crippen LogP contribution in [-0.2, 0) is 4.79 Å². The van der Waals surface area contributed by atoms with Crippen LogP contribution in [0.15, 0.2) is 53.6 Å². The van der Waals surface area contributed by atoms with Crippen molar-refractivity contribution in [3.8, 4) is 0 Å². The number of nitrogens with one attached hydrogen (secondary N) is 1. The Morgan fingerprint density at radius 2 is 2.00 bits per heavy atom. The van der Waals surface area contributed by atoms with Crippen LogP contribution in [0.5, 0.6) is 0 Å². The van der Waals surface area contributed by atoms with Gasteiger partial charge in [-0.2, -0.15) is 0 Å². The predicted molar refractivity (Wildman–Crippen MR) is 87.6 cm³/mol. The molecule has 2 aromatic carbocycles. The van der Waals surface area contributed by atoms with Crippen molar-refractivity contribution in [2.75, 3.05) is 11.1 Å². The van der Waals surface area contributed by atoms with Gasteiger partial charge in [-0.15, -0.1) is 0 Å². The van der Waals surface area contributed by atoms with E-state index in [-0.39, 0.29) is 11.6 Å². The van der Waals surface area contributed by atoms with Gasteiger partial charge < -0.3 is 10.4 Å². The normalized spacial score (nSPS) is 10.7. The Labute approximate surface area is 135 Å². The fourth-order valence-corrected chi connectivity index (χ4v) is 2.78. The number of hydrogen-bond donors (Lipinski definition) is 2. The molecular formula is C16H12FN3O2S. The van der Waals surface area contributed by atoms with Gasteiger partial charge in [-0.25, -0.2) is 14.4 Å². The fourth-order valence-electron chi connectivity index (χ4n) is 2.04. The number of nitrogens with zero attached hydrogens (tertiary/aromatic N) is 2. The molecule has 0 fully saturated rings. The lowest BCUT2D eigenvalue weighted by atomic mass is 10.2. The van der Waals surface area contributed by atoms with Crippen LogP contribution in [0.25, 0.3) is 10.9 Å². The van der Waals surface area contributed by atoms with E-state index >= 15 is 0 Å². The van der Waals surface area contributed by atoms with E-state index in [1.807, 2.05) is 24.3 Å². The standard InChI is InChI=1S/C16H12FN3O2S/c17-10-4-3-5-11(8-10)18-16-19-13-7-2-1-6-12(13)15(20-16)23-9-14(21)22/h1-8H,9H2,(H,21,22)(H,18,19,20). The summed E-state index contributed by atoms with van der Waals surface area (Å²) >= 11 is 1.12. The van der Waals surface area contributed by atoms with Crippen molar-refractivity contribution in [2.45, 2.75) is 5.03 Å². The Morgan fingerprint density at radius 1 is 1.17 bits per heavy atom. The minimum atomic E-state index is -0.919. The number of benzene rings is 2. The predicted octanol–water partition coefficient (Wildman–Crippen LogP) is 3.69. The molecule has 0 atom stereocenters. The minimum Gasteiger partial charge on any atom is -0.481 e. The number of hydrogen-bond acceptors (Lipinski definition) is 5. The molecule has 0 aliphatic heterocycles. The molecule has 0 saturated heterocycles. The van der Waals surface area contributed by atoms with Crippen LogP contribution in [0.2, 0.25) is 0 Å². The smallest absolute Gasteiger partial charge is 0.313 e. The average Bonchev–Trinajstić information content (AvgIpc) is 2.52. The molecule has 0 aliphatic carbocycles. The molecule has 5 nitrogen and oxygen atoms in total. The van der Waals surface area contributed by atoms with E-state index < -0.39 is 5.97 Å². The lowest BCUT2D eigenvalue weighted by molar-refractivity contribution is -0.133. The summed E-state index contributed by atoms with van der Waals surface area (Å²) < 4.78 is 13.3. The summed E-state index contributed by atoms with van der Waals surface area (Å²) in [5.41, 5.74) is 1.21. The second kappa shape index (κ2) is 6.62. The first-order chi connectivity index (χ1) is 11.1. The molecule has 23 heavy (non-hydrogen) atoms. The van der Waals surface area contributed by atoms with E-state index in [4.69, 9.17) is 5.11 Å². The van der Waals surface area contributed by atoms with E-state index in [2.05, 4.69) is 15.3 Å². The van der Waals surface area contributed by atoms with Gasteiger partial charge in [0, 0.05) is 11.1 Å². The third kappa shape index (κ3) is 3.75. The molecule has 0 unspecified atom stereocenters. The monoisotopic (exact) mass is 329 g/mol. The van der Waals surface area contributed by atoms with Crippen LogP contribution in [0.4, 0.5) is 16.0 Å². The number of carboxylic acids is 1. The summed E-state index contributed by atoms with van der Waals surface area (Å²) in [5.74, 6) is -1.09. The molecule has 0 spiro atoms. The van der Waals surface area contributed by atoms with E-state index in [0.29, 0.717) is 22.2 Å². The summed E-state index contributed by atoms with van der Waals surface area (Å²) in [6.45, 7) is 0. The lowest BCUT2D eigenvalue weighted by Gasteiger charge is -2.09. The summed E-state index contributed by atoms with van der Waals surface area (Å²) in [7, 11) is 0. The third-order valence-corrected chi connectivity index (χ3v) is 3.96. The Morgan fingerprint density at radius 3 is 2.78 bits per heavy atom. The highest BCUT2D eigenvalue weighted by molar-refractivity contribution is 8.00. The second-order valence-electron chi connectivity index (χ2n) is 4.69. The Kier molecular flexibility index (Phi) is 4.38. The Hall–Kier alpha value is -2.67. The van der Waals surface area contributed by atoms with Gasteiger partial charge in [-0.05, 0) is 24.3 Å². The second-order valence-corrected chi connectivity index (χ2v) is 5.65. The van der Waals surface area contributed by atoms with Crippen molar-refractivity contribution in [3.63, 3.8) is 0 Å². The number of fused-ring (bicyclic) bond motifs is 1. The van der Waals surface area contributed by atoms with Crippen LogP contribution < -0.4 is 5.32 Å². The van der Waals surface area contributed by atoms with Crippen LogP contribution >= 0.6 is 11.8 Å². The SMILES string of the molecule is O=C(O)CSc1nc(Nc2cccc(F)c2)nc2ccccc12. The number of para-hydroxylation sites is 1. The van der Waals surface area contributed by atoms with Gasteiger partial charge in [0.1, 0.15) is 10.8 Å². The van der Waals surface area contributed by atoms with Crippen LogP contribution in [0, 0.1) is 5.82 Å². The maximum Gasteiger partial charge on any atom is 0.313 e. The summed E-state index contributed by atoms with van der Waals surface area (Å²) in [6.07, 6.45) is 0. The molecule has 3 rings (SSSR count). The third-order valence-electron chi connectivity index (χ3n) is 2.98. The van der Waals surface area contributed by atoms with Crippen molar-refractivity contribution >= 4 is 40.3 Å². The number of carbonyl (C=O) groups is 1. The van der Waals surface area contributed by atoms with Crippen molar-refractivity contribution in [1.82, 2.24) is 9.97 Å². The molecule has 7 heteroatoms. The van der Waals surface area contributed by atoms with E-state index in [0.717, 1.165) is 17.1 Å². The molecule has 0 saturated carbocycles. The summed E-state index contributed by atoms with van der Waals surface area (Å²) in [5, 5.41) is 13.1.